The molecule has 1 spiro atoms. The van der Waals surface area contributed by atoms with E-state index < -0.39 is 30.0 Å². The van der Waals surface area contributed by atoms with Gasteiger partial charge in [0, 0.05) is 72.3 Å². The van der Waals surface area contributed by atoms with Gasteiger partial charge in [0.2, 0.25) is 5.91 Å². The molecule has 6 aliphatic rings. The molecule has 3 saturated heterocycles. The lowest BCUT2D eigenvalue weighted by molar-refractivity contribution is -0.164. The van der Waals surface area contributed by atoms with Crippen molar-refractivity contribution in [1.29, 1.82) is 5.26 Å². The highest BCUT2D eigenvalue weighted by molar-refractivity contribution is 6.31. The minimum atomic E-state index is -0.948. The molecule has 2 atom stereocenters. The van der Waals surface area contributed by atoms with E-state index in [0.717, 1.165) is 80.1 Å². The Morgan fingerprint density at radius 3 is 2.12 bits per heavy atom. The Morgan fingerprint density at radius 1 is 0.915 bits per heavy atom. The predicted molar refractivity (Wildman–Crippen MR) is 221 cm³/mol. The summed E-state index contributed by atoms with van der Waals surface area (Å²) in [6, 6.07) is 17.9. The van der Waals surface area contributed by atoms with E-state index in [1.165, 1.54) is 0 Å². The molecule has 9 rings (SSSR count). The molecule has 4 amide bonds. The number of fused-ring (bicyclic) bond motifs is 2. The summed E-state index contributed by atoms with van der Waals surface area (Å²) in [7, 11) is 0. The summed E-state index contributed by atoms with van der Waals surface area (Å²) in [4.78, 5) is 58.9. The first-order valence-electron chi connectivity index (χ1n) is 20.8. The maximum Gasteiger partial charge on any atom is 0.262 e. The second-order valence-electron chi connectivity index (χ2n) is 19.1. The maximum absolute atomic E-state index is 13.5. The van der Waals surface area contributed by atoms with E-state index in [4.69, 9.17) is 16.3 Å². The highest BCUT2D eigenvalue weighted by atomic mass is 35.5. The van der Waals surface area contributed by atoms with Gasteiger partial charge in [-0.3, -0.25) is 24.1 Å². The van der Waals surface area contributed by atoms with Gasteiger partial charge in [0.25, 0.3) is 17.7 Å². The number of piperidine rings is 2. The molecule has 12 nitrogen and oxygen atoms in total. The van der Waals surface area contributed by atoms with Gasteiger partial charge in [0.05, 0.1) is 21.7 Å². The molecule has 3 aromatic rings. The first kappa shape index (κ1) is 39.5. The van der Waals surface area contributed by atoms with Crippen LogP contribution < -0.4 is 20.3 Å². The fraction of sp³-hybridized carbons (Fsp3) is 0.500. The third-order valence-electron chi connectivity index (χ3n) is 14.2. The Hall–Kier alpha value is -4.96. The number of likely N-dealkylation sites (tertiary alicyclic amines) is 1. The Kier molecular flexibility index (Phi) is 9.61. The van der Waals surface area contributed by atoms with E-state index in [0.29, 0.717) is 45.4 Å². The van der Waals surface area contributed by atoms with Crippen molar-refractivity contribution in [3.8, 4) is 11.8 Å². The van der Waals surface area contributed by atoms with Crippen LogP contribution in [-0.2, 0) is 17.6 Å². The normalized spacial score (nSPS) is 26.7. The van der Waals surface area contributed by atoms with Gasteiger partial charge in [-0.1, -0.05) is 39.3 Å². The van der Waals surface area contributed by atoms with Crippen molar-refractivity contribution in [2.24, 2.45) is 22.2 Å². The largest absolute Gasteiger partial charge is 0.489 e. The average molecular weight is 819 g/mol. The summed E-state index contributed by atoms with van der Waals surface area (Å²) >= 11 is 6.26. The maximum atomic E-state index is 13.5. The number of hydrogen-bond acceptors (Lipinski definition) is 9. The van der Waals surface area contributed by atoms with Crippen molar-refractivity contribution in [3.05, 3.63) is 93.0 Å². The van der Waals surface area contributed by atoms with Crippen LogP contribution in [0.1, 0.15) is 101 Å². The van der Waals surface area contributed by atoms with Crippen molar-refractivity contribution >= 4 is 40.9 Å². The summed E-state index contributed by atoms with van der Waals surface area (Å²) in [5, 5.41) is 25.1. The van der Waals surface area contributed by atoms with E-state index in [1.807, 2.05) is 24.3 Å². The lowest BCUT2D eigenvalue weighted by Gasteiger charge is -2.63. The van der Waals surface area contributed by atoms with Gasteiger partial charge in [0.15, 0.2) is 0 Å². The molecule has 59 heavy (non-hydrogen) atoms. The zero-order valence-corrected chi connectivity index (χ0v) is 34.8. The lowest BCUT2D eigenvalue weighted by Crippen LogP contribution is -2.74. The highest BCUT2D eigenvalue weighted by Crippen LogP contribution is 2.56. The number of ether oxygens (including phenoxy) is 1. The number of carbonyl (C=O) groups excluding carboxylic acids is 4. The van der Waals surface area contributed by atoms with Crippen molar-refractivity contribution in [2.75, 3.05) is 37.6 Å². The number of rotatable bonds is 8. The number of aliphatic hydroxyl groups excluding tert-OH is 1. The molecule has 3 aromatic carbocycles. The van der Waals surface area contributed by atoms with Crippen LogP contribution in [-0.4, -0.2) is 95.7 Å². The van der Waals surface area contributed by atoms with Gasteiger partial charge in [-0.25, -0.2) is 0 Å². The van der Waals surface area contributed by atoms with Crippen molar-refractivity contribution in [2.45, 2.75) is 90.6 Å². The molecule has 2 unspecified atom stereocenters. The van der Waals surface area contributed by atoms with Crippen molar-refractivity contribution in [3.63, 3.8) is 0 Å². The summed E-state index contributed by atoms with van der Waals surface area (Å²) < 4.78 is 6.39. The van der Waals surface area contributed by atoms with Crippen LogP contribution in [0.4, 0.5) is 5.69 Å². The molecule has 2 aliphatic carbocycles. The Labute approximate surface area is 349 Å². The van der Waals surface area contributed by atoms with Crippen LogP contribution in [0.5, 0.6) is 5.75 Å². The number of carbonyl (C=O) groups is 4. The Morgan fingerprint density at radius 2 is 1.54 bits per heavy atom. The highest BCUT2D eigenvalue weighted by Gasteiger charge is 2.64. The Bertz CT molecular complexity index is 2230. The number of hydrogen-bond donors (Lipinski definition) is 3. The molecule has 0 aromatic heterocycles. The number of imide groups is 1. The minimum absolute atomic E-state index is 0.107. The van der Waals surface area contributed by atoms with Crippen LogP contribution in [0.3, 0.4) is 0 Å². The molecule has 4 heterocycles. The van der Waals surface area contributed by atoms with Gasteiger partial charge in [-0.2, -0.15) is 5.26 Å². The third kappa shape index (κ3) is 6.75. The van der Waals surface area contributed by atoms with E-state index in [2.05, 4.69) is 66.3 Å². The summed E-state index contributed by atoms with van der Waals surface area (Å²) in [6.07, 6.45) is 3.39. The zero-order chi connectivity index (χ0) is 41.6. The van der Waals surface area contributed by atoms with E-state index in [9.17, 15) is 29.5 Å². The number of nitrogens with zero attached hydrogens (tertiary/aromatic N) is 4. The van der Waals surface area contributed by atoms with Gasteiger partial charge < -0.3 is 30.3 Å². The number of anilines is 1. The fourth-order valence-electron chi connectivity index (χ4n) is 11.5. The average Bonchev–Trinajstić information content (AvgIpc) is 3.68. The zero-order valence-electron chi connectivity index (χ0n) is 34.0. The summed E-state index contributed by atoms with van der Waals surface area (Å²) in [5.74, 6) is -0.223. The van der Waals surface area contributed by atoms with Crippen molar-refractivity contribution < 1.29 is 29.0 Å². The Balaban J connectivity index is 0.737. The molecule has 1 saturated carbocycles. The molecule has 0 radical (unpaired) electrons. The molecule has 13 heteroatoms. The molecular formula is C46H51ClN6O6. The smallest absolute Gasteiger partial charge is 0.262 e. The van der Waals surface area contributed by atoms with Gasteiger partial charge in [0.1, 0.15) is 30.2 Å². The third-order valence-corrected chi connectivity index (χ3v) is 14.5. The van der Waals surface area contributed by atoms with E-state index in [-0.39, 0.29) is 40.7 Å². The molecule has 3 N–H and O–H groups in total. The number of halogens is 1. The van der Waals surface area contributed by atoms with Crippen LogP contribution in [0.15, 0.2) is 54.6 Å². The van der Waals surface area contributed by atoms with Gasteiger partial charge in [-0.05, 0) is 104 Å². The first-order valence-corrected chi connectivity index (χ1v) is 21.2. The molecule has 4 aliphatic heterocycles. The van der Waals surface area contributed by atoms with Crippen molar-refractivity contribution in [1.82, 2.24) is 20.4 Å². The van der Waals surface area contributed by atoms with Gasteiger partial charge >= 0.3 is 0 Å². The monoisotopic (exact) mass is 818 g/mol. The minimum Gasteiger partial charge on any atom is -0.489 e. The summed E-state index contributed by atoms with van der Waals surface area (Å²) in [5.41, 5.74) is 4.63. The molecule has 0 bridgehead atoms. The number of nitrogens with one attached hydrogen (secondary N) is 2. The summed E-state index contributed by atoms with van der Waals surface area (Å²) in [6.45, 7) is 13.4. The quantitative estimate of drug-likeness (QED) is 0.256. The molecular weight excluding hydrogens is 768 g/mol. The second kappa shape index (κ2) is 14.4. The van der Waals surface area contributed by atoms with Crippen LogP contribution >= 0.6 is 11.6 Å². The SMILES string of the molecule is CC1(C)C(NC(=O)c2ccc(N3CCC(CN4CC5(Cc6cc7c(cc6C5)C(=O)N(C5CCC(O)NC5=O)C7=O)C4)CC3)cc2)C(C)(C)C1Oc1ccc(C#N)c(Cl)c1. The number of aliphatic hydroxyl groups is 1. The predicted octanol–water partition coefficient (Wildman–Crippen LogP) is 5.33. The molecule has 308 valence electrons. The topological polar surface area (TPSA) is 155 Å². The first-order chi connectivity index (χ1) is 28.1. The van der Waals surface area contributed by atoms with E-state index in [1.54, 1.807) is 18.2 Å². The second-order valence-corrected chi connectivity index (χ2v) is 19.5. The van der Waals surface area contributed by atoms with Gasteiger partial charge in [-0.15, -0.1) is 0 Å². The number of benzene rings is 3. The van der Waals surface area contributed by atoms with Crippen LogP contribution in [0.2, 0.25) is 5.02 Å². The number of amides is 4. The number of nitriles is 1. The standard InChI is InChI=1S/C46H51ClN6O6/c1-44(2)42(45(3,4)43(44)59-32-10-7-28(22-48)35(47)19-32)50-38(55)27-5-8-31(9-6-27)52-15-13-26(14-16-52)23-51-24-46(25-51)20-29-17-33-34(18-30(29)21-46)41(58)53(40(33)57)36-11-12-37(54)49-39(36)56/h5-10,17-19,26,36-37,42-43,54H,11-16,20-21,23-25H2,1-4H3,(H,49,56)(H,50,55). The van der Waals surface area contributed by atoms with E-state index >= 15 is 0 Å². The van der Waals surface area contributed by atoms with Crippen LogP contribution in [0, 0.1) is 33.5 Å². The van der Waals surface area contributed by atoms with Crippen LogP contribution in [0.25, 0.3) is 0 Å². The lowest BCUT2D eigenvalue weighted by atomic mass is 9.49. The molecule has 4 fully saturated rings. The fourth-order valence-corrected chi connectivity index (χ4v) is 11.7.